The van der Waals surface area contributed by atoms with Gasteiger partial charge in [-0.1, -0.05) is 60.7 Å². The van der Waals surface area contributed by atoms with Gasteiger partial charge in [0.15, 0.2) is 0 Å². The Morgan fingerprint density at radius 3 is 2.06 bits per heavy atom. The lowest BCUT2D eigenvalue weighted by Gasteiger charge is -2.45. The number of nitrogens with one attached hydrogen (secondary N) is 1. The molecule has 2 aromatic carbocycles. The van der Waals surface area contributed by atoms with E-state index in [0.717, 1.165) is 16.0 Å². The minimum absolute atomic E-state index is 0.0270. The maximum atomic E-state index is 13.2. The van der Waals surface area contributed by atoms with Gasteiger partial charge in [-0.3, -0.25) is 14.5 Å². The zero-order valence-corrected chi connectivity index (χ0v) is 21.0. The van der Waals surface area contributed by atoms with Gasteiger partial charge in [0.05, 0.1) is 6.61 Å². The van der Waals surface area contributed by atoms with Crippen LogP contribution in [0.1, 0.15) is 38.8 Å². The monoisotopic (exact) mass is 498 g/mol. The summed E-state index contributed by atoms with van der Waals surface area (Å²) in [4.78, 5) is 39.4. The third-order valence-electron chi connectivity index (χ3n) is 5.58. The van der Waals surface area contributed by atoms with Crippen molar-refractivity contribution < 1.29 is 33.7 Å². The summed E-state index contributed by atoms with van der Waals surface area (Å²) in [5, 5.41) is 13.9. The molecule has 1 heterocycles. The Balaban J connectivity index is 1.87. The molecule has 0 aliphatic carbocycles. The van der Waals surface area contributed by atoms with Crippen molar-refractivity contribution in [2.24, 2.45) is 5.92 Å². The molecule has 1 aliphatic rings. The summed E-state index contributed by atoms with van der Waals surface area (Å²) in [5.41, 5.74) is 0.808. The van der Waals surface area contributed by atoms with Gasteiger partial charge in [-0.25, -0.2) is 4.79 Å². The van der Waals surface area contributed by atoms with Crippen LogP contribution in [0.25, 0.3) is 0 Å². The first-order valence-electron chi connectivity index (χ1n) is 11.9. The van der Waals surface area contributed by atoms with E-state index in [-0.39, 0.29) is 19.8 Å². The Hall–Kier alpha value is -3.43. The average molecular weight is 499 g/mol. The number of likely N-dealkylation sites (tertiary alicyclic amines) is 1. The summed E-state index contributed by atoms with van der Waals surface area (Å²) in [5.74, 6) is -2.12. The Bertz CT molecular complexity index is 1020. The second kappa shape index (κ2) is 12.0. The number of piperidine rings is 1. The third kappa shape index (κ3) is 7.53. The highest BCUT2D eigenvalue weighted by molar-refractivity contribution is 5.78. The van der Waals surface area contributed by atoms with Gasteiger partial charge in [0.25, 0.3) is 0 Å². The predicted molar refractivity (Wildman–Crippen MR) is 131 cm³/mol. The fourth-order valence-electron chi connectivity index (χ4n) is 3.94. The number of ether oxygens (including phenoxy) is 3. The highest BCUT2D eigenvalue weighted by Gasteiger charge is 2.50. The molecule has 0 aromatic heterocycles. The standard InChI is InChI=1S/C27H34N2O7/c1-18(30)28-24-22(31)23(34-16-19-11-7-5-8-12-19)21(15-29(24)26(33)36-27(2,3)4)25(32)35-17-20-13-9-6-10-14-20/h5-14,21-24,31H,15-17H2,1-4H3,(H,28,30)/t21-,22+,23-,24+/m1/s1. The number of aliphatic hydroxyl groups excluding tert-OH is 1. The average Bonchev–Trinajstić information content (AvgIpc) is 2.82. The van der Waals surface area contributed by atoms with E-state index < -0.39 is 47.9 Å². The molecule has 1 saturated heterocycles. The molecule has 0 saturated carbocycles. The maximum absolute atomic E-state index is 13.2. The smallest absolute Gasteiger partial charge is 0.412 e. The van der Waals surface area contributed by atoms with Crippen molar-refractivity contribution in [3.8, 4) is 0 Å². The minimum Gasteiger partial charge on any atom is -0.460 e. The molecule has 9 nitrogen and oxygen atoms in total. The minimum atomic E-state index is -1.42. The number of benzene rings is 2. The van der Waals surface area contributed by atoms with Crippen LogP contribution < -0.4 is 5.32 Å². The summed E-state index contributed by atoms with van der Waals surface area (Å²) >= 11 is 0. The zero-order chi connectivity index (χ0) is 26.3. The number of rotatable bonds is 7. The van der Waals surface area contributed by atoms with E-state index in [4.69, 9.17) is 14.2 Å². The molecule has 4 atom stereocenters. The van der Waals surface area contributed by atoms with E-state index in [1.54, 1.807) is 20.8 Å². The Kier molecular flexibility index (Phi) is 9.06. The van der Waals surface area contributed by atoms with E-state index in [9.17, 15) is 19.5 Å². The number of aliphatic hydroxyl groups is 1. The first-order chi connectivity index (χ1) is 17.0. The molecule has 36 heavy (non-hydrogen) atoms. The number of nitrogens with zero attached hydrogens (tertiary/aromatic N) is 1. The molecule has 0 spiro atoms. The van der Waals surface area contributed by atoms with Gasteiger partial charge in [-0.15, -0.1) is 0 Å². The van der Waals surface area contributed by atoms with Gasteiger partial charge in [0.2, 0.25) is 5.91 Å². The molecule has 2 amide bonds. The summed E-state index contributed by atoms with van der Waals surface area (Å²) in [7, 11) is 0. The Labute approximate surface area is 211 Å². The second-order valence-electron chi connectivity index (χ2n) is 9.73. The highest BCUT2D eigenvalue weighted by Crippen LogP contribution is 2.29. The molecule has 9 heteroatoms. The second-order valence-corrected chi connectivity index (χ2v) is 9.73. The first-order valence-corrected chi connectivity index (χ1v) is 11.9. The van der Waals surface area contributed by atoms with Crippen molar-refractivity contribution in [1.82, 2.24) is 10.2 Å². The number of esters is 1. The van der Waals surface area contributed by atoms with E-state index in [1.807, 2.05) is 60.7 Å². The predicted octanol–water partition coefficient (Wildman–Crippen LogP) is 3.01. The van der Waals surface area contributed by atoms with E-state index >= 15 is 0 Å². The highest BCUT2D eigenvalue weighted by atomic mass is 16.6. The van der Waals surface area contributed by atoms with Gasteiger partial charge < -0.3 is 24.6 Å². The molecular weight excluding hydrogens is 464 g/mol. The fourth-order valence-corrected chi connectivity index (χ4v) is 3.94. The number of carbonyl (C=O) groups is 3. The largest absolute Gasteiger partial charge is 0.460 e. The van der Waals surface area contributed by atoms with Gasteiger partial charge in [0.1, 0.15) is 36.5 Å². The van der Waals surface area contributed by atoms with E-state index in [0.29, 0.717) is 0 Å². The molecule has 1 fully saturated rings. The molecular formula is C27H34N2O7. The van der Waals surface area contributed by atoms with Gasteiger partial charge in [-0.2, -0.15) is 0 Å². The van der Waals surface area contributed by atoms with Crippen LogP contribution in [0.5, 0.6) is 0 Å². The number of amides is 2. The van der Waals surface area contributed by atoms with Crippen LogP contribution >= 0.6 is 0 Å². The van der Waals surface area contributed by atoms with Crippen LogP contribution in [0.4, 0.5) is 4.79 Å². The van der Waals surface area contributed by atoms with Gasteiger partial charge in [-0.05, 0) is 31.9 Å². The SMILES string of the molecule is CC(=O)N[C@@H]1[C@@H](O)[C@H](OCc2ccccc2)[C@H](C(=O)OCc2ccccc2)CN1C(=O)OC(C)(C)C. The topological polar surface area (TPSA) is 114 Å². The number of hydrogen-bond acceptors (Lipinski definition) is 7. The summed E-state index contributed by atoms with van der Waals surface area (Å²) in [6.45, 7) is 6.36. The van der Waals surface area contributed by atoms with Gasteiger partial charge >= 0.3 is 12.1 Å². The Morgan fingerprint density at radius 2 is 1.53 bits per heavy atom. The molecule has 194 valence electrons. The zero-order valence-electron chi connectivity index (χ0n) is 21.0. The van der Waals surface area contributed by atoms with Crippen molar-refractivity contribution in [3.63, 3.8) is 0 Å². The lowest BCUT2D eigenvalue weighted by molar-refractivity contribution is -0.179. The molecule has 0 bridgehead atoms. The van der Waals surface area contributed by atoms with Crippen molar-refractivity contribution in [2.75, 3.05) is 6.54 Å². The van der Waals surface area contributed by atoms with Crippen LogP contribution in [0.2, 0.25) is 0 Å². The summed E-state index contributed by atoms with van der Waals surface area (Å²) in [6, 6.07) is 18.5. The fraction of sp³-hybridized carbons (Fsp3) is 0.444. The van der Waals surface area contributed by atoms with Crippen molar-refractivity contribution >= 4 is 18.0 Å². The van der Waals surface area contributed by atoms with Crippen LogP contribution in [0.15, 0.2) is 60.7 Å². The van der Waals surface area contributed by atoms with Crippen LogP contribution in [0.3, 0.4) is 0 Å². The molecule has 0 unspecified atom stereocenters. The lowest BCUT2D eigenvalue weighted by Crippen LogP contribution is -2.68. The normalized spacial score (nSPS) is 22.0. The molecule has 2 aromatic rings. The maximum Gasteiger partial charge on any atom is 0.412 e. The van der Waals surface area contributed by atoms with E-state index in [1.165, 1.54) is 6.92 Å². The van der Waals surface area contributed by atoms with Crippen molar-refractivity contribution in [2.45, 2.75) is 64.9 Å². The van der Waals surface area contributed by atoms with Gasteiger partial charge in [0, 0.05) is 13.5 Å². The number of carbonyl (C=O) groups excluding carboxylic acids is 3. The molecule has 1 aliphatic heterocycles. The summed E-state index contributed by atoms with van der Waals surface area (Å²) < 4.78 is 17.1. The molecule has 0 radical (unpaired) electrons. The van der Waals surface area contributed by atoms with Crippen molar-refractivity contribution in [3.05, 3.63) is 71.8 Å². The van der Waals surface area contributed by atoms with Crippen LogP contribution in [-0.2, 0) is 37.0 Å². The van der Waals surface area contributed by atoms with Crippen molar-refractivity contribution in [1.29, 1.82) is 0 Å². The molecule has 3 rings (SSSR count). The van der Waals surface area contributed by atoms with Crippen LogP contribution in [0, 0.1) is 5.92 Å². The summed E-state index contributed by atoms with van der Waals surface area (Å²) in [6.07, 6.45) is -4.41. The van der Waals surface area contributed by atoms with Crippen LogP contribution in [-0.4, -0.2) is 58.5 Å². The first kappa shape index (κ1) is 27.2. The Morgan fingerprint density at radius 1 is 0.972 bits per heavy atom. The number of hydrogen-bond donors (Lipinski definition) is 2. The van der Waals surface area contributed by atoms with E-state index in [2.05, 4.69) is 5.32 Å². The third-order valence-corrected chi connectivity index (χ3v) is 5.58. The quantitative estimate of drug-likeness (QED) is 0.564. The molecule has 2 N–H and O–H groups in total. The lowest BCUT2D eigenvalue weighted by atomic mass is 9.90.